The molecule has 0 aliphatic heterocycles. The molecular weight excluding hydrogens is 636 g/mol. The van der Waals surface area contributed by atoms with Crippen molar-refractivity contribution in [2.24, 2.45) is 0 Å². The van der Waals surface area contributed by atoms with Crippen LogP contribution < -0.4 is 0 Å². The van der Waals surface area contributed by atoms with Gasteiger partial charge in [-0.15, -0.1) is 68.6 Å². The molecule has 0 aromatic heterocycles. The Hall–Kier alpha value is -3.32. The molecule has 45 heavy (non-hydrogen) atoms. The Morgan fingerprint density at radius 1 is 0.556 bits per heavy atom. The van der Waals surface area contributed by atoms with Crippen molar-refractivity contribution < 1.29 is 23.3 Å². The van der Waals surface area contributed by atoms with Crippen molar-refractivity contribution in [2.45, 2.75) is 47.5 Å². The number of aryl methyl sites for hydroxylation is 4. The summed E-state index contributed by atoms with van der Waals surface area (Å²) >= 11 is 1.36. The van der Waals surface area contributed by atoms with Gasteiger partial charge in [-0.2, -0.15) is 12.1 Å². The maximum atomic E-state index is 3.06. The fraction of sp³-hybridized carbons (Fsp3) is 0.163. The fourth-order valence-electron chi connectivity index (χ4n) is 6.14. The molecule has 0 nitrogen and oxygen atoms in total. The third-order valence-electron chi connectivity index (χ3n) is 8.45. The van der Waals surface area contributed by atoms with E-state index in [1.807, 2.05) is 0 Å². The van der Waals surface area contributed by atoms with E-state index in [1.165, 1.54) is 106 Å². The first-order valence-corrected chi connectivity index (χ1v) is 19.2. The molecule has 0 amide bonds. The Bertz CT molecular complexity index is 2030. The molecular formula is C43H44SiZr-4. The molecule has 0 N–H and O–H groups in total. The normalized spacial score (nSPS) is 10.4. The topological polar surface area (TPSA) is 0 Å². The summed E-state index contributed by atoms with van der Waals surface area (Å²) in [5.41, 5.74) is 12.2. The van der Waals surface area contributed by atoms with Crippen LogP contribution in [0.15, 0.2) is 115 Å². The number of hydrogen-bond acceptors (Lipinski definition) is 0. The Balaban J connectivity index is 0.000000225. The first-order chi connectivity index (χ1) is 20.8. The Morgan fingerprint density at radius 2 is 1.18 bits per heavy atom. The second kappa shape index (κ2) is 15.8. The van der Waals surface area contributed by atoms with Crippen LogP contribution in [0, 0.1) is 42.5 Å². The summed E-state index contributed by atoms with van der Waals surface area (Å²) < 4.78 is 0. The summed E-state index contributed by atoms with van der Waals surface area (Å²) in [5.74, 6) is 0.563. The molecule has 0 unspecified atom stereocenters. The molecule has 0 bridgehead atoms. The van der Waals surface area contributed by atoms with Gasteiger partial charge in [-0.25, -0.2) is 0 Å². The van der Waals surface area contributed by atoms with E-state index in [9.17, 15) is 0 Å². The second-order valence-corrected chi connectivity index (χ2v) is 11.9. The zero-order chi connectivity index (χ0) is 30.7. The first-order valence-electron chi connectivity index (χ1n) is 15.0. The summed E-state index contributed by atoms with van der Waals surface area (Å²) in [6.45, 7) is 16.3. The molecule has 0 saturated heterocycles. The zero-order valence-corrected chi connectivity index (χ0v) is 31.5. The van der Waals surface area contributed by atoms with Gasteiger partial charge in [-0.05, 0) is 47.2 Å². The van der Waals surface area contributed by atoms with Crippen LogP contribution in [0.2, 0.25) is 0 Å². The van der Waals surface area contributed by atoms with Crippen LogP contribution >= 0.6 is 0 Å². The number of fused-ring (bicyclic) bond motifs is 3. The third kappa shape index (κ3) is 7.57. The van der Waals surface area contributed by atoms with Crippen molar-refractivity contribution in [1.82, 2.24) is 0 Å². The quantitative estimate of drug-likeness (QED) is 0.129. The van der Waals surface area contributed by atoms with Crippen LogP contribution in [-0.4, -0.2) is 6.88 Å². The number of benzene rings is 5. The van der Waals surface area contributed by atoms with Gasteiger partial charge in [0, 0.05) is 0 Å². The predicted molar refractivity (Wildman–Crippen MR) is 199 cm³/mol. The summed E-state index contributed by atoms with van der Waals surface area (Å²) in [6.07, 6.45) is 0. The molecule has 7 aromatic rings. The van der Waals surface area contributed by atoms with Crippen LogP contribution in [-0.2, 0) is 23.3 Å². The average molecular weight is 680 g/mol. The molecule has 0 spiro atoms. The summed E-state index contributed by atoms with van der Waals surface area (Å²) in [6, 6.07) is 42.3. The van der Waals surface area contributed by atoms with Gasteiger partial charge >= 0.3 is 30.2 Å². The van der Waals surface area contributed by atoms with Gasteiger partial charge in [0.05, 0.1) is 0 Å². The zero-order valence-electron chi connectivity index (χ0n) is 28.0. The molecule has 2 heteroatoms. The van der Waals surface area contributed by atoms with E-state index in [2.05, 4.69) is 164 Å². The molecule has 0 heterocycles. The van der Waals surface area contributed by atoms with E-state index in [4.69, 9.17) is 0 Å². The SMILES string of the molecule is CC(C)c1cc2c(-c3cccc4ccccc34)cccc2[cH-]1.Cc1ccc(C)c(-c2ccc(C)c3[cH-]c(C)cc23)c1.[CH3-].[CH3-].[Si]=[Zr]. The Morgan fingerprint density at radius 3 is 1.91 bits per heavy atom. The molecule has 2 radical (unpaired) electrons. The second-order valence-electron chi connectivity index (χ2n) is 11.9. The van der Waals surface area contributed by atoms with E-state index in [0.717, 1.165) is 0 Å². The van der Waals surface area contributed by atoms with Crippen LogP contribution in [0.1, 0.15) is 47.6 Å². The van der Waals surface area contributed by atoms with E-state index in [1.54, 1.807) is 0 Å². The van der Waals surface area contributed by atoms with E-state index >= 15 is 0 Å². The van der Waals surface area contributed by atoms with Crippen molar-refractivity contribution in [3.63, 3.8) is 0 Å². The summed E-state index contributed by atoms with van der Waals surface area (Å²) in [7, 11) is 0. The van der Waals surface area contributed by atoms with Gasteiger partial charge in [0.25, 0.3) is 0 Å². The van der Waals surface area contributed by atoms with Gasteiger partial charge in [0.15, 0.2) is 0 Å². The van der Waals surface area contributed by atoms with Crippen molar-refractivity contribution in [3.05, 3.63) is 158 Å². The average Bonchev–Trinajstić information content (AvgIpc) is 3.64. The molecule has 228 valence electrons. The van der Waals surface area contributed by atoms with Crippen molar-refractivity contribution in [3.8, 4) is 22.3 Å². The Labute approximate surface area is 288 Å². The molecule has 0 fully saturated rings. The standard InChI is InChI=1S/C22H19.C19H19.2CH3.Si.Zr/c1-15(2)18-13-17-9-6-12-21(22(17)14-18)20-11-5-8-16-7-3-4-10-19(16)20;1-12-5-6-14(3)17(9-12)16-8-7-15(4)18-10-13(2)11-19(16)18;;;;/h3-15H,1-2H3;5-11H,1-4H3;2*1H3;;/q4*-1;;. The van der Waals surface area contributed by atoms with Crippen LogP contribution in [0.5, 0.6) is 0 Å². The van der Waals surface area contributed by atoms with Gasteiger partial charge < -0.3 is 14.9 Å². The fourth-order valence-corrected chi connectivity index (χ4v) is 6.14. The molecule has 7 rings (SSSR count). The predicted octanol–water partition coefficient (Wildman–Crippen LogP) is 12.5. The molecule has 0 atom stereocenters. The minimum absolute atomic E-state index is 0. The van der Waals surface area contributed by atoms with Crippen LogP contribution in [0.3, 0.4) is 0 Å². The Kier molecular flexibility index (Phi) is 12.7. The number of rotatable bonds is 3. The van der Waals surface area contributed by atoms with Gasteiger partial charge in [0.1, 0.15) is 0 Å². The molecule has 0 aliphatic carbocycles. The third-order valence-corrected chi connectivity index (χ3v) is 8.45. The monoisotopic (exact) mass is 678 g/mol. The van der Waals surface area contributed by atoms with Crippen molar-refractivity contribution in [2.75, 3.05) is 0 Å². The van der Waals surface area contributed by atoms with Gasteiger partial charge in [0.2, 0.25) is 0 Å². The summed E-state index contributed by atoms with van der Waals surface area (Å²) in [5, 5.41) is 8.09. The van der Waals surface area contributed by atoms with E-state index < -0.39 is 0 Å². The first kappa shape index (κ1) is 36.2. The van der Waals surface area contributed by atoms with Gasteiger partial charge in [-0.3, -0.25) is 0 Å². The van der Waals surface area contributed by atoms with E-state index in [-0.39, 0.29) is 14.9 Å². The van der Waals surface area contributed by atoms with Crippen LogP contribution in [0.4, 0.5) is 0 Å². The van der Waals surface area contributed by atoms with Gasteiger partial charge in [-0.1, -0.05) is 117 Å². The van der Waals surface area contributed by atoms with E-state index in [0.29, 0.717) is 5.92 Å². The summed E-state index contributed by atoms with van der Waals surface area (Å²) in [4.78, 5) is 0. The number of hydrogen-bond donors (Lipinski definition) is 0. The molecule has 0 saturated carbocycles. The molecule has 7 aromatic carbocycles. The minimum atomic E-state index is 0. The molecule has 0 aliphatic rings. The van der Waals surface area contributed by atoms with Crippen LogP contribution in [0.25, 0.3) is 54.6 Å². The van der Waals surface area contributed by atoms with Crippen molar-refractivity contribution >= 4 is 39.2 Å². The maximum absolute atomic E-state index is 3.06. The van der Waals surface area contributed by atoms with Crippen molar-refractivity contribution in [1.29, 1.82) is 0 Å².